The first-order chi connectivity index (χ1) is 15.9. The third-order valence-corrected chi connectivity index (χ3v) is 4.70. The van der Waals surface area contributed by atoms with Crippen LogP contribution in [-0.2, 0) is 28.8 Å². The minimum absolute atomic E-state index is 0.278. The Balaban J connectivity index is 5.24. The SMILES string of the molecule is NCCCCC(N)C(=O)NC(CCC(=O)O)C(=O)NC(CO)C(=O)NC(CCC(N)=O)C(=O)O. The molecule has 0 aromatic rings. The molecule has 0 spiro atoms. The van der Waals surface area contributed by atoms with Gasteiger partial charge in [0.25, 0.3) is 0 Å². The van der Waals surface area contributed by atoms with Gasteiger partial charge in [0.2, 0.25) is 23.6 Å². The van der Waals surface area contributed by atoms with E-state index in [4.69, 9.17) is 22.3 Å². The summed E-state index contributed by atoms with van der Waals surface area (Å²) in [5.74, 6) is -6.27. The predicted octanol–water partition coefficient (Wildman–Crippen LogP) is -3.90. The lowest BCUT2D eigenvalue weighted by Gasteiger charge is -2.24. The molecule has 0 heterocycles. The maximum atomic E-state index is 12.6. The maximum absolute atomic E-state index is 12.6. The van der Waals surface area contributed by atoms with Crippen molar-refractivity contribution in [3.8, 4) is 0 Å². The van der Waals surface area contributed by atoms with E-state index in [0.717, 1.165) is 0 Å². The Hall–Kier alpha value is -3.30. The number of hydrogen-bond acceptors (Lipinski definition) is 9. The van der Waals surface area contributed by atoms with E-state index in [1.807, 2.05) is 0 Å². The van der Waals surface area contributed by atoms with Crippen LogP contribution in [0.2, 0.25) is 0 Å². The molecule has 0 saturated carbocycles. The number of carbonyl (C=O) groups is 6. The standard InChI is InChI=1S/C19H34N6O9/c20-8-2-1-3-10(21)16(30)23-11(5-7-15(28)29)17(31)25-13(9-26)18(32)24-12(19(33)34)4-6-14(22)27/h10-13,26H,1-9,20-21H2,(H2,22,27)(H,23,30)(H,24,32)(H,25,31)(H,28,29)(H,33,34). The van der Waals surface area contributed by atoms with Gasteiger partial charge in [-0.2, -0.15) is 0 Å². The Bertz CT molecular complexity index is 733. The van der Waals surface area contributed by atoms with E-state index in [1.54, 1.807) is 0 Å². The molecule has 0 aromatic heterocycles. The number of amides is 4. The van der Waals surface area contributed by atoms with Crippen molar-refractivity contribution in [2.24, 2.45) is 17.2 Å². The molecule has 15 heteroatoms. The number of carbonyl (C=O) groups excluding carboxylic acids is 4. The van der Waals surface area contributed by atoms with Crippen LogP contribution in [0.5, 0.6) is 0 Å². The highest BCUT2D eigenvalue weighted by atomic mass is 16.4. The minimum Gasteiger partial charge on any atom is -0.481 e. The number of unbranched alkanes of at least 4 members (excludes halogenated alkanes) is 1. The van der Waals surface area contributed by atoms with Gasteiger partial charge < -0.3 is 48.5 Å². The molecular weight excluding hydrogens is 456 g/mol. The van der Waals surface area contributed by atoms with Crippen LogP contribution in [0.25, 0.3) is 0 Å². The molecule has 0 aliphatic heterocycles. The van der Waals surface area contributed by atoms with Crippen LogP contribution in [-0.4, -0.2) is 88.2 Å². The fourth-order valence-corrected chi connectivity index (χ4v) is 2.74. The second-order valence-electron chi connectivity index (χ2n) is 7.53. The average Bonchev–Trinajstić information content (AvgIpc) is 2.76. The Morgan fingerprint density at radius 1 is 0.735 bits per heavy atom. The second kappa shape index (κ2) is 16.3. The smallest absolute Gasteiger partial charge is 0.326 e. The van der Waals surface area contributed by atoms with Gasteiger partial charge in [-0.3, -0.25) is 24.0 Å². The first kappa shape index (κ1) is 30.7. The normalized spacial score (nSPS) is 14.2. The fraction of sp³-hybridized carbons (Fsp3) is 0.684. The molecule has 4 amide bonds. The Labute approximate surface area is 195 Å². The average molecular weight is 491 g/mol. The number of rotatable bonds is 18. The van der Waals surface area contributed by atoms with Gasteiger partial charge in [-0.25, -0.2) is 4.79 Å². The molecule has 0 rings (SSSR count). The van der Waals surface area contributed by atoms with E-state index in [2.05, 4.69) is 16.0 Å². The largest absolute Gasteiger partial charge is 0.481 e. The van der Waals surface area contributed by atoms with Crippen molar-refractivity contribution in [2.75, 3.05) is 13.2 Å². The summed E-state index contributed by atoms with van der Waals surface area (Å²) in [6, 6.07) is -5.51. The number of carboxylic acid groups (broad SMARTS) is 2. The number of hydrogen-bond donors (Lipinski definition) is 9. The summed E-state index contributed by atoms with van der Waals surface area (Å²) in [6.45, 7) is -0.522. The number of nitrogens with one attached hydrogen (secondary N) is 3. The molecule has 15 nitrogen and oxygen atoms in total. The van der Waals surface area contributed by atoms with Crippen LogP contribution in [0, 0.1) is 0 Å². The zero-order valence-electron chi connectivity index (χ0n) is 18.7. The maximum Gasteiger partial charge on any atom is 0.326 e. The lowest BCUT2D eigenvalue weighted by Crippen LogP contribution is -2.58. The topological polar surface area (TPSA) is 277 Å². The van der Waals surface area contributed by atoms with Crippen molar-refractivity contribution >= 4 is 35.6 Å². The summed E-state index contributed by atoms with van der Waals surface area (Å²) in [6.07, 6.45) is -0.00818. The number of carboxylic acids is 2. The van der Waals surface area contributed by atoms with Crippen LogP contribution in [0.3, 0.4) is 0 Å². The van der Waals surface area contributed by atoms with Crippen molar-refractivity contribution in [1.82, 2.24) is 16.0 Å². The number of primary amides is 1. The van der Waals surface area contributed by atoms with Gasteiger partial charge in [0.15, 0.2) is 0 Å². The van der Waals surface area contributed by atoms with E-state index in [0.29, 0.717) is 19.4 Å². The summed E-state index contributed by atoms with van der Waals surface area (Å²) in [5.41, 5.74) is 16.1. The van der Waals surface area contributed by atoms with Crippen molar-refractivity contribution in [3.63, 3.8) is 0 Å². The third-order valence-electron chi connectivity index (χ3n) is 4.70. The molecule has 4 unspecified atom stereocenters. The van der Waals surface area contributed by atoms with Gasteiger partial charge in [0.1, 0.15) is 18.1 Å². The summed E-state index contributed by atoms with van der Waals surface area (Å²) in [4.78, 5) is 70.4. The predicted molar refractivity (Wildman–Crippen MR) is 117 cm³/mol. The fourth-order valence-electron chi connectivity index (χ4n) is 2.74. The molecule has 0 radical (unpaired) electrons. The Morgan fingerprint density at radius 3 is 1.76 bits per heavy atom. The monoisotopic (exact) mass is 490 g/mol. The zero-order chi connectivity index (χ0) is 26.3. The molecule has 34 heavy (non-hydrogen) atoms. The molecule has 0 fully saturated rings. The van der Waals surface area contributed by atoms with Gasteiger partial charge in [0.05, 0.1) is 12.6 Å². The van der Waals surface area contributed by atoms with Crippen molar-refractivity contribution in [2.45, 2.75) is 69.1 Å². The second-order valence-corrected chi connectivity index (χ2v) is 7.53. The lowest BCUT2D eigenvalue weighted by atomic mass is 10.1. The van der Waals surface area contributed by atoms with Crippen LogP contribution in [0.4, 0.5) is 0 Å². The molecule has 194 valence electrons. The van der Waals surface area contributed by atoms with Crippen LogP contribution < -0.4 is 33.2 Å². The van der Waals surface area contributed by atoms with Crippen molar-refractivity contribution in [3.05, 3.63) is 0 Å². The van der Waals surface area contributed by atoms with Gasteiger partial charge in [-0.1, -0.05) is 6.42 Å². The molecule has 0 aromatic carbocycles. The molecular formula is C19H34N6O9. The molecule has 12 N–H and O–H groups in total. The quantitative estimate of drug-likeness (QED) is 0.0837. The van der Waals surface area contributed by atoms with Crippen molar-refractivity contribution in [1.29, 1.82) is 0 Å². The number of nitrogens with two attached hydrogens (primary N) is 3. The van der Waals surface area contributed by atoms with Gasteiger partial charge >= 0.3 is 11.9 Å². The summed E-state index contributed by atoms with van der Waals surface area (Å²) >= 11 is 0. The first-order valence-electron chi connectivity index (χ1n) is 10.6. The third kappa shape index (κ3) is 12.7. The molecule has 0 aliphatic carbocycles. The van der Waals surface area contributed by atoms with Crippen molar-refractivity contribution < 1.29 is 44.1 Å². The Kier molecular flexibility index (Phi) is 14.7. The highest BCUT2D eigenvalue weighted by Gasteiger charge is 2.30. The lowest BCUT2D eigenvalue weighted by molar-refractivity contribution is -0.143. The highest BCUT2D eigenvalue weighted by Crippen LogP contribution is 2.04. The van der Waals surface area contributed by atoms with Gasteiger partial charge in [-0.15, -0.1) is 0 Å². The molecule has 0 bridgehead atoms. The molecule has 0 saturated heterocycles. The number of aliphatic hydroxyl groups excluding tert-OH is 1. The summed E-state index contributed by atoms with van der Waals surface area (Å²) < 4.78 is 0. The number of aliphatic carboxylic acids is 2. The van der Waals surface area contributed by atoms with Gasteiger partial charge in [0, 0.05) is 12.8 Å². The van der Waals surface area contributed by atoms with E-state index >= 15 is 0 Å². The van der Waals surface area contributed by atoms with Crippen LogP contribution in [0.15, 0.2) is 0 Å². The molecule has 0 aliphatic rings. The van der Waals surface area contributed by atoms with Gasteiger partial charge in [-0.05, 0) is 32.2 Å². The zero-order valence-corrected chi connectivity index (χ0v) is 18.7. The first-order valence-corrected chi connectivity index (χ1v) is 10.6. The van der Waals surface area contributed by atoms with E-state index in [1.165, 1.54) is 0 Å². The van der Waals surface area contributed by atoms with Crippen LogP contribution >= 0.6 is 0 Å². The van der Waals surface area contributed by atoms with E-state index < -0.39 is 72.8 Å². The Morgan fingerprint density at radius 2 is 1.26 bits per heavy atom. The minimum atomic E-state index is -1.62. The number of aliphatic hydroxyl groups is 1. The van der Waals surface area contributed by atoms with Crippen LogP contribution in [0.1, 0.15) is 44.9 Å². The van der Waals surface area contributed by atoms with E-state index in [-0.39, 0.29) is 25.7 Å². The summed E-state index contributed by atoms with van der Waals surface area (Å²) in [5, 5.41) is 34.1. The highest BCUT2D eigenvalue weighted by molar-refractivity contribution is 5.94. The van der Waals surface area contributed by atoms with E-state index in [9.17, 15) is 39.0 Å². The molecule has 4 atom stereocenters. The summed E-state index contributed by atoms with van der Waals surface area (Å²) in [7, 11) is 0.